The van der Waals surface area contributed by atoms with Crippen LogP contribution >= 0.6 is 0 Å². The van der Waals surface area contributed by atoms with Crippen LogP contribution in [0, 0.1) is 17.8 Å². The van der Waals surface area contributed by atoms with Gasteiger partial charge < -0.3 is 5.32 Å². The fraction of sp³-hybridized carbons (Fsp3) is 1.00. The van der Waals surface area contributed by atoms with E-state index in [1.807, 2.05) is 0 Å². The van der Waals surface area contributed by atoms with E-state index in [0.717, 1.165) is 30.3 Å². The van der Waals surface area contributed by atoms with Gasteiger partial charge >= 0.3 is 0 Å². The Morgan fingerprint density at radius 3 is 2.44 bits per heavy atom. The van der Waals surface area contributed by atoms with Crippen LogP contribution in [-0.2, 0) is 0 Å². The lowest BCUT2D eigenvalue weighted by Gasteiger charge is -2.31. The van der Waals surface area contributed by atoms with Gasteiger partial charge in [0, 0.05) is 6.04 Å². The highest BCUT2D eigenvalue weighted by Gasteiger charge is 2.42. The van der Waals surface area contributed by atoms with Crippen molar-refractivity contribution in [2.75, 3.05) is 6.54 Å². The monoisotopic (exact) mass is 251 g/mol. The van der Waals surface area contributed by atoms with Gasteiger partial charge in [0.15, 0.2) is 0 Å². The molecule has 4 atom stereocenters. The third kappa shape index (κ3) is 3.73. The van der Waals surface area contributed by atoms with E-state index >= 15 is 0 Å². The average molecular weight is 251 g/mol. The molecule has 2 aliphatic rings. The van der Waals surface area contributed by atoms with Crippen LogP contribution in [0.25, 0.3) is 0 Å². The first-order chi connectivity index (χ1) is 8.85. The maximum Gasteiger partial charge on any atom is 0.00979 e. The van der Waals surface area contributed by atoms with Gasteiger partial charge in [-0.05, 0) is 50.0 Å². The van der Waals surface area contributed by atoms with Gasteiger partial charge in [-0.15, -0.1) is 0 Å². The Kier molecular flexibility index (Phi) is 6.01. The normalized spacial score (nSPS) is 32.0. The maximum atomic E-state index is 3.80. The predicted octanol–water partition coefficient (Wildman–Crippen LogP) is 4.76. The number of unbranched alkanes of at least 4 members (excludes halogenated alkanes) is 4. The summed E-state index contributed by atoms with van der Waals surface area (Å²) in [7, 11) is 0. The van der Waals surface area contributed by atoms with Crippen molar-refractivity contribution in [3.63, 3.8) is 0 Å². The number of nitrogens with one attached hydrogen (secondary N) is 1. The van der Waals surface area contributed by atoms with Gasteiger partial charge in [-0.2, -0.15) is 0 Å². The zero-order chi connectivity index (χ0) is 12.8. The second-order valence-corrected chi connectivity index (χ2v) is 6.71. The van der Waals surface area contributed by atoms with E-state index in [0.29, 0.717) is 0 Å². The molecule has 0 amide bonds. The molecule has 2 fully saturated rings. The minimum atomic E-state index is 0.840. The molecule has 2 bridgehead atoms. The zero-order valence-electron chi connectivity index (χ0n) is 12.6. The summed E-state index contributed by atoms with van der Waals surface area (Å²) in [6.07, 6.45) is 14.8. The topological polar surface area (TPSA) is 12.0 Å². The minimum Gasteiger partial charge on any atom is -0.314 e. The lowest BCUT2D eigenvalue weighted by Crippen LogP contribution is -2.38. The van der Waals surface area contributed by atoms with Gasteiger partial charge in [0.05, 0.1) is 0 Å². The molecule has 18 heavy (non-hydrogen) atoms. The minimum absolute atomic E-state index is 0.840. The largest absolute Gasteiger partial charge is 0.314 e. The summed E-state index contributed by atoms with van der Waals surface area (Å²) in [5, 5.41) is 3.80. The van der Waals surface area contributed by atoms with Crippen molar-refractivity contribution in [1.82, 2.24) is 5.32 Å². The Bertz CT molecular complexity index is 226. The molecule has 2 rings (SSSR count). The smallest absolute Gasteiger partial charge is 0.00979 e. The molecule has 0 saturated heterocycles. The quantitative estimate of drug-likeness (QED) is 0.583. The van der Waals surface area contributed by atoms with Crippen molar-refractivity contribution < 1.29 is 0 Å². The van der Waals surface area contributed by atoms with E-state index in [9.17, 15) is 0 Å². The lowest BCUT2D eigenvalue weighted by atomic mass is 9.81. The SMILES string of the molecule is CCCCCCCC(NCC)C1CC2CCC1C2. The van der Waals surface area contributed by atoms with Crippen LogP contribution in [0.3, 0.4) is 0 Å². The van der Waals surface area contributed by atoms with Crippen molar-refractivity contribution in [2.24, 2.45) is 17.8 Å². The highest BCUT2D eigenvalue weighted by Crippen LogP contribution is 2.50. The number of fused-ring (bicyclic) bond motifs is 2. The summed E-state index contributed by atoms with van der Waals surface area (Å²) >= 11 is 0. The Morgan fingerprint density at radius 1 is 1.00 bits per heavy atom. The molecule has 1 N–H and O–H groups in total. The van der Waals surface area contributed by atoms with Gasteiger partial charge in [0.2, 0.25) is 0 Å². The summed E-state index contributed by atoms with van der Waals surface area (Å²) in [5.74, 6) is 3.20. The van der Waals surface area contributed by atoms with E-state index in [4.69, 9.17) is 0 Å². The standard InChI is InChI=1S/C17H33N/c1-3-5-6-7-8-9-17(18-4-2)16-13-14-10-11-15(16)12-14/h14-18H,3-13H2,1-2H3. The summed E-state index contributed by atoms with van der Waals surface area (Å²) in [6.45, 7) is 5.74. The molecule has 106 valence electrons. The Morgan fingerprint density at radius 2 is 1.83 bits per heavy atom. The molecule has 0 aromatic carbocycles. The Balaban J connectivity index is 1.70. The van der Waals surface area contributed by atoms with Crippen LogP contribution in [0.15, 0.2) is 0 Å². The molecule has 2 aliphatic carbocycles. The molecule has 0 heterocycles. The fourth-order valence-corrected chi connectivity index (χ4v) is 4.48. The van der Waals surface area contributed by atoms with Gasteiger partial charge in [0.1, 0.15) is 0 Å². The maximum absolute atomic E-state index is 3.80. The van der Waals surface area contributed by atoms with E-state index in [2.05, 4.69) is 19.2 Å². The molecule has 0 aromatic heterocycles. The molecular formula is C17H33N. The van der Waals surface area contributed by atoms with Gasteiger partial charge in [-0.25, -0.2) is 0 Å². The summed E-state index contributed by atoms with van der Waals surface area (Å²) in [6, 6.07) is 0.840. The van der Waals surface area contributed by atoms with E-state index in [-0.39, 0.29) is 0 Å². The van der Waals surface area contributed by atoms with E-state index in [1.54, 1.807) is 6.42 Å². The molecular weight excluding hydrogens is 218 g/mol. The first-order valence-electron chi connectivity index (χ1n) is 8.58. The Hall–Kier alpha value is -0.0400. The highest BCUT2D eigenvalue weighted by atomic mass is 14.9. The molecule has 0 radical (unpaired) electrons. The van der Waals surface area contributed by atoms with Crippen LogP contribution < -0.4 is 5.32 Å². The molecule has 2 saturated carbocycles. The second-order valence-electron chi connectivity index (χ2n) is 6.71. The van der Waals surface area contributed by atoms with Crippen molar-refractivity contribution >= 4 is 0 Å². The lowest BCUT2D eigenvalue weighted by molar-refractivity contribution is 0.236. The third-order valence-electron chi connectivity index (χ3n) is 5.39. The Labute approximate surface area is 114 Å². The molecule has 1 nitrogen and oxygen atoms in total. The van der Waals surface area contributed by atoms with Gasteiger partial charge in [-0.1, -0.05) is 52.4 Å². The first-order valence-corrected chi connectivity index (χ1v) is 8.58. The van der Waals surface area contributed by atoms with Crippen LogP contribution in [0.1, 0.15) is 78.1 Å². The van der Waals surface area contributed by atoms with Crippen molar-refractivity contribution in [2.45, 2.75) is 84.1 Å². The molecule has 4 unspecified atom stereocenters. The molecule has 0 aliphatic heterocycles. The average Bonchev–Trinajstić information content (AvgIpc) is 2.99. The molecule has 1 heteroatoms. The van der Waals surface area contributed by atoms with Crippen LogP contribution in [0.2, 0.25) is 0 Å². The molecule has 0 aromatic rings. The van der Waals surface area contributed by atoms with Crippen LogP contribution in [0.4, 0.5) is 0 Å². The van der Waals surface area contributed by atoms with Crippen molar-refractivity contribution in [3.8, 4) is 0 Å². The molecule has 0 spiro atoms. The first kappa shape index (κ1) is 14.4. The van der Waals surface area contributed by atoms with Crippen molar-refractivity contribution in [3.05, 3.63) is 0 Å². The third-order valence-corrected chi connectivity index (χ3v) is 5.39. The van der Waals surface area contributed by atoms with Crippen molar-refractivity contribution in [1.29, 1.82) is 0 Å². The highest BCUT2D eigenvalue weighted by molar-refractivity contribution is 4.95. The zero-order valence-corrected chi connectivity index (χ0v) is 12.6. The predicted molar refractivity (Wildman–Crippen MR) is 79.8 cm³/mol. The number of hydrogen-bond acceptors (Lipinski definition) is 1. The van der Waals surface area contributed by atoms with Crippen LogP contribution in [-0.4, -0.2) is 12.6 Å². The summed E-state index contributed by atoms with van der Waals surface area (Å²) in [4.78, 5) is 0. The second kappa shape index (κ2) is 7.53. The fourth-order valence-electron chi connectivity index (χ4n) is 4.48. The summed E-state index contributed by atoms with van der Waals surface area (Å²) in [5.41, 5.74) is 0. The van der Waals surface area contributed by atoms with Gasteiger partial charge in [-0.3, -0.25) is 0 Å². The van der Waals surface area contributed by atoms with Gasteiger partial charge in [0.25, 0.3) is 0 Å². The number of rotatable bonds is 9. The van der Waals surface area contributed by atoms with E-state index in [1.165, 1.54) is 57.8 Å². The summed E-state index contributed by atoms with van der Waals surface area (Å²) < 4.78 is 0. The number of hydrogen-bond donors (Lipinski definition) is 1. The van der Waals surface area contributed by atoms with E-state index < -0.39 is 0 Å². The van der Waals surface area contributed by atoms with Crippen LogP contribution in [0.5, 0.6) is 0 Å².